The fourth-order valence-electron chi connectivity index (χ4n) is 4.11. The molecular formula is C24H28N2O4. The maximum atomic E-state index is 12.4. The number of nitrogens with one attached hydrogen (secondary N) is 1. The highest BCUT2D eigenvalue weighted by Gasteiger charge is 2.52. The number of benzene rings is 2. The van der Waals surface area contributed by atoms with E-state index in [9.17, 15) is 9.59 Å². The minimum Gasteiger partial charge on any atom is -0.445 e. The van der Waals surface area contributed by atoms with Crippen LogP contribution in [0.15, 0.2) is 60.7 Å². The second-order valence-electron chi connectivity index (χ2n) is 8.15. The number of rotatable bonds is 8. The van der Waals surface area contributed by atoms with Crippen LogP contribution >= 0.6 is 0 Å². The van der Waals surface area contributed by atoms with Crippen molar-refractivity contribution in [2.45, 2.75) is 38.0 Å². The average Bonchev–Trinajstić information content (AvgIpc) is 3.36. The van der Waals surface area contributed by atoms with E-state index in [1.54, 1.807) is 4.90 Å². The predicted octanol–water partition coefficient (Wildman–Crippen LogP) is 3.51. The van der Waals surface area contributed by atoms with Crippen molar-refractivity contribution in [3.8, 4) is 0 Å². The summed E-state index contributed by atoms with van der Waals surface area (Å²) < 4.78 is 11.0. The van der Waals surface area contributed by atoms with Crippen LogP contribution in [-0.2, 0) is 27.5 Å². The van der Waals surface area contributed by atoms with Crippen molar-refractivity contribution in [1.82, 2.24) is 10.2 Å². The first-order valence-corrected chi connectivity index (χ1v) is 10.5. The first kappa shape index (κ1) is 20.4. The van der Waals surface area contributed by atoms with Crippen LogP contribution in [0.2, 0.25) is 0 Å². The van der Waals surface area contributed by atoms with E-state index in [-0.39, 0.29) is 36.7 Å². The average molecular weight is 408 g/mol. The SMILES string of the molecule is O=C(COCc1ccccc1)NC1([C@@H]2CCN(C(=O)OCc3ccccc3)C2)CC1. The van der Waals surface area contributed by atoms with Crippen molar-refractivity contribution in [2.75, 3.05) is 19.7 Å². The van der Waals surface area contributed by atoms with Crippen molar-refractivity contribution >= 4 is 12.0 Å². The van der Waals surface area contributed by atoms with Gasteiger partial charge in [-0.05, 0) is 30.4 Å². The zero-order valence-corrected chi connectivity index (χ0v) is 17.1. The Morgan fingerprint density at radius 1 is 0.967 bits per heavy atom. The highest BCUT2D eigenvalue weighted by Crippen LogP contribution is 2.46. The molecule has 1 heterocycles. The summed E-state index contributed by atoms with van der Waals surface area (Å²) in [5.74, 6) is 0.174. The van der Waals surface area contributed by atoms with Crippen LogP contribution in [-0.4, -0.2) is 42.1 Å². The Morgan fingerprint density at radius 3 is 2.23 bits per heavy atom. The van der Waals surface area contributed by atoms with Crippen molar-refractivity contribution in [3.05, 3.63) is 71.8 Å². The van der Waals surface area contributed by atoms with E-state index in [2.05, 4.69) is 5.32 Å². The van der Waals surface area contributed by atoms with Crippen LogP contribution in [0.5, 0.6) is 0 Å². The summed E-state index contributed by atoms with van der Waals surface area (Å²) in [6.07, 6.45) is 2.50. The van der Waals surface area contributed by atoms with Gasteiger partial charge in [0.2, 0.25) is 5.91 Å². The van der Waals surface area contributed by atoms with E-state index in [0.29, 0.717) is 19.7 Å². The molecule has 0 aromatic heterocycles. The molecule has 0 spiro atoms. The van der Waals surface area contributed by atoms with Gasteiger partial charge in [-0.3, -0.25) is 4.79 Å². The van der Waals surface area contributed by atoms with Gasteiger partial charge in [0.15, 0.2) is 0 Å². The first-order valence-electron chi connectivity index (χ1n) is 10.5. The van der Waals surface area contributed by atoms with E-state index in [0.717, 1.165) is 30.4 Å². The second-order valence-corrected chi connectivity index (χ2v) is 8.15. The Morgan fingerprint density at radius 2 is 1.60 bits per heavy atom. The van der Waals surface area contributed by atoms with E-state index < -0.39 is 0 Å². The van der Waals surface area contributed by atoms with Gasteiger partial charge in [-0.25, -0.2) is 4.79 Å². The summed E-state index contributed by atoms with van der Waals surface area (Å²) in [4.78, 5) is 26.5. The van der Waals surface area contributed by atoms with Crippen molar-refractivity contribution in [3.63, 3.8) is 0 Å². The monoisotopic (exact) mass is 408 g/mol. The molecular weight excluding hydrogens is 380 g/mol. The molecule has 6 heteroatoms. The summed E-state index contributed by atoms with van der Waals surface area (Å²) in [7, 11) is 0. The maximum absolute atomic E-state index is 12.4. The van der Waals surface area contributed by atoms with Crippen LogP contribution in [0, 0.1) is 5.92 Å². The molecule has 1 aliphatic heterocycles. The topological polar surface area (TPSA) is 67.9 Å². The third kappa shape index (κ3) is 5.19. The molecule has 4 rings (SSSR count). The third-order valence-corrected chi connectivity index (χ3v) is 5.95. The zero-order valence-electron chi connectivity index (χ0n) is 17.1. The van der Waals surface area contributed by atoms with Gasteiger partial charge < -0.3 is 19.7 Å². The Kier molecular flexibility index (Phi) is 6.33. The Balaban J connectivity index is 1.20. The lowest BCUT2D eigenvalue weighted by Crippen LogP contribution is -2.45. The van der Waals surface area contributed by atoms with Gasteiger partial charge in [0, 0.05) is 24.5 Å². The molecule has 30 heavy (non-hydrogen) atoms. The first-order chi connectivity index (χ1) is 14.6. The highest BCUT2D eigenvalue weighted by atomic mass is 16.6. The van der Waals surface area contributed by atoms with Crippen LogP contribution in [0.1, 0.15) is 30.4 Å². The molecule has 1 saturated carbocycles. The molecule has 0 bridgehead atoms. The van der Waals surface area contributed by atoms with Crippen molar-refractivity contribution < 1.29 is 19.1 Å². The fourth-order valence-corrected chi connectivity index (χ4v) is 4.11. The lowest BCUT2D eigenvalue weighted by Gasteiger charge is -2.24. The number of nitrogens with zero attached hydrogens (tertiary/aromatic N) is 1. The van der Waals surface area contributed by atoms with Gasteiger partial charge in [-0.15, -0.1) is 0 Å². The molecule has 2 fully saturated rings. The molecule has 2 aliphatic rings. The van der Waals surface area contributed by atoms with Crippen molar-refractivity contribution in [2.24, 2.45) is 5.92 Å². The third-order valence-electron chi connectivity index (χ3n) is 5.95. The normalized spacial score (nSPS) is 19.3. The number of hydrogen-bond acceptors (Lipinski definition) is 4. The van der Waals surface area contributed by atoms with Gasteiger partial charge >= 0.3 is 6.09 Å². The van der Waals surface area contributed by atoms with E-state index in [1.807, 2.05) is 60.7 Å². The van der Waals surface area contributed by atoms with Crippen LogP contribution in [0.3, 0.4) is 0 Å². The summed E-state index contributed by atoms with van der Waals surface area (Å²) in [5, 5.41) is 3.17. The van der Waals surface area contributed by atoms with E-state index in [4.69, 9.17) is 9.47 Å². The molecule has 2 amide bonds. The number of carbonyl (C=O) groups is 2. The minimum atomic E-state index is -0.283. The molecule has 1 saturated heterocycles. The Labute approximate surface area is 177 Å². The number of likely N-dealkylation sites (tertiary alicyclic amines) is 1. The van der Waals surface area contributed by atoms with Crippen LogP contribution in [0.25, 0.3) is 0 Å². The highest BCUT2D eigenvalue weighted by molar-refractivity contribution is 5.78. The van der Waals surface area contributed by atoms with Gasteiger partial charge in [0.25, 0.3) is 0 Å². The maximum Gasteiger partial charge on any atom is 0.410 e. The number of carbonyl (C=O) groups excluding carboxylic acids is 2. The van der Waals surface area contributed by atoms with E-state index in [1.165, 1.54) is 0 Å². The molecule has 1 N–H and O–H groups in total. The Hall–Kier alpha value is -2.86. The van der Waals surface area contributed by atoms with E-state index >= 15 is 0 Å². The van der Waals surface area contributed by atoms with Gasteiger partial charge in [0.1, 0.15) is 13.2 Å². The lowest BCUT2D eigenvalue weighted by molar-refractivity contribution is -0.127. The molecule has 158 valence electrons. The molecule has 2 aromatic rings. The van der Waals surface area contributed by atoms with Gasteiger partial charge in [0.05, 0.1) is 6.61 Å². The number of hydrogen-bond donors (Lipinski definition) is 1. The molecule has 2 aromatic carbocycles. The number of ether oxygens (including phenoxy) is 2. The molecule has 1 aliphatic carbocycles. The molecule has 1 atom stereocenters. The van der Waals surface area contributed by atoms with Crippen molar-refractivity contribution in [1.29, 1.82) is 0 Å². The smallest absolute Gasteiger partial charge is 0.410 e. The number of amides is 2. The second kappa shape index (κ2) is 9.30. The molecule has 0 unspecified atom stereocenters. The zero-order chi connectivity index (χ0) is 20.8. The molecule has 0 radical (unpaired) electrons. The minimum absolute atomic E-state index is 0.0478. The summed E-state index contributed by atoms with van der Waals surface area (Å²) in [6.45, 7) is 2.04. The van der Waals surface area contributed by atoms with Gasteiger partial charge in [-0.1, -0.05) is 60.7 Å². The summed E-state index contributed by atoms with van der Waals surface area (Å²) in [6, 6.07) is 19.5. The lowest BCUT2D eigenvalue weighted by atomic mass is 9.96. The van der Waals surface area contributed by atoms with Crippen LogP contribution < -0.4 is 5.32 Å². The predicted molar refractivity (Wildman–Crippen MR) is 113 cm³/mol. The standard InChI is InChI=1S/C24H28N2O4/c27-22(18-29-16-19-7-3-1-4-8-19)25-24(12-13-24)21-11-14-26(15-21)23(28)30-17-20-9-5-2-6-10-20/h1-10,21H,11-18H2,(H,25,27)/t21-/m1/s1. The largest absolute Gasteiger partial charge is 0.445 e. The van der Waals surface area contributed by atoms with Crippen LogP contribution in [0.4, 0.5) is 4.79 Å². The Bertz CT molecular complexity index is 852. The quantitative estimate of drug-likeness (QED) is 0.726. The van der Waals surface area contributed by atoms with Gasteiger partial charge in [-0.2, -0.15) is 0 Å². The molecule has 6 nitrogen and oxygen atoms in total. The summed E-state index contributed by atoms with van der Waals surface area (Å²) >= 11 is 0. The summed E-state index contributed by atoms with van der Waals surface area (Å²) in [5.41, 5.74) is 1.83. The fraction of sp³-hybridized carbons (Fsp3) is 0.417.